The maximum absolute atomic E-state index is 10.3. The van der Waals surface area contributed by atoms with Crippen molar-refractivity contribution < 1.29 is 14.6 Å². The first-order valence-electron chi connectivity index (χ1n) is 7.51. The van der Waals surface area contributed by atoms with Crippen molar-refractivity contribution in [1.29, 1.82) is 0 Å². The fourth-order valence-corrected chi connectivity index (χ4v) is 1.66. The SMILES string of the molecule is COc1ccc(CNC(C)C)cc1OCC(C)(O)C(C)C. The van der Waals surface area contributed by atoms with Gasteiger partial charge in [0.05, 0.1) is 12.7 Å². The van der Waals surface area contributed by atoms with Gasteiger partial charge in [0, 0.05) is 12.6 Å². The van der Waals surface area contributed by atoms with Gasteiger partial charge in [-0.15, -0.1) is 0 Å². The molecule has 21 heavy (non-hydrogen) atoms. The van der Waals surface area contributed by atoms with E-state index in [2.05, 4.69) is 19.2 Å². The Balaban J connectivity index is 2.81. The third-order valence-corrected chi connectivity index (χ3v) is 3.71. The highest BCUT2D eigenvalue weighted by atomic mass is 16.5. The van der Waals surface area contributed by atoms with E-state index in [1.165, 1.54) is 0 Å². The second-order valence-electron chi connectivity index (χ2n) is 6.32. The highest BCUT2D eigenvalue weighted by molar-refractivity contribution is 5.43. The van der Waals surface area contributed by atoms with E-state index in [1.54, 1.807) is 14.0 Å². The number of ether oxygens (including phenoxy) is 2. The van der Waals surface area contributed by atoms with Crippen LogP contribution in [0.1, 0.15) is 40.2 Å². The predicted molar refractivity (Wildman–Crippen MR) is 85.9 cm³/mol. The van der Waals surface area contributed by atoms with Crippen molar-refractivity contribution in [2.24, 2.45) is 5.92 Å². The van der Waals surface area contributed by atoms with Crippen LogP contribution in [0.25, 0.3) is 0 Å². The molecule has 0 aliphatic rings. The first-order valence-corrected chi connectivity index (χ1v) is 7.51. The third kappa shape index (κ3) is 5.56. The standard InChI is InChI=1S/C17H29NO3/c1-12(2)17(5,19)11-21-16-9-14(10-18-13(3)4)7-8-15(16)20-6/h7-9,12-13,18-19H,10-11H2,1-6H3. The fraction of sp³-hybridized carbons (Fsp3) is 0.647. The molecule has 0 saturated carbocycles. The summed E-state index contributed by atoms with van der Waals surface area (Å²) in [6.07, 6.45) is 0. The summed E-state index contributed by atoms with van der Waals surface area (Å²) in [6.45, 7) is 11.0. The maximum Gasteiger partial charge on any atom is 0.161 e. The van der Waals surface area contributed by atoms with Crippen molar-refractivity contribution in [3.63, 3.8) is 0 Å². The maximum atomic E-state index is 10.3. The normalized spacial score (nSPS) is 14.3. The van der Waals surface area contributed by atoms with E-state index >= 15 is 0 Å². The Morgan fingerprint density at radius 3 is 2.38 bits per heavy atom. The summed E-state index contributed by atoms with van der Waals surface area (Å²) in [5.74, 6) is 1.47. The minimum absolute atomic E-state index is 0.120. The van der Waals surface area contributed by atoms with Crippen LogP contribution >= 0.6 is 0 Å². The molecule has 1 unspecified atom stereocenters. The second-order valence-corrected chi connectivity index (χ2v) is 6.32. The number of hydrogen-bond donors (Lipinski definition) is 2. The zero-order valence-electron chi connectivity index (χ0n) is 14.1. The van der Waals surface area contributed by atoms with Gasteiger partial charge in [-0.3, -0.25) is 0 Å². The highest BCUT2D eigenvalue weighted by Crippen LogP contribution is 2.29. The molecule has 0 fully saturated rings. The summed E-state index contributed by atoms with van der Waals surface area (Å²) in [4.78, 5) is 0. The molecule has 1 rings (SSSR count). The van der Waals surface area contributed by atoms with E-state index in [0.717, 1.165) is 12.1 Å². The zero-order valence-corrected chi connectivity index (χ0v) is 14.1. The number of benzene rings is 1. The molecule has 0 saturated heterocycles. The van der Waals surface area contributed by atoms with Gasteiger partial charge in [0.2, 0.25) is 0 Å². The molecule has 1 aromatic carbocycles. The highest BCUT2D eigenvalue weighted by Gasteiger charge is 2.26. The monoisotopic (exact) mass is 295 g/mol. The molecular formula is C17H29NO3. The van der Waals surface area contributed by atoms with Gasteiger partial charge in [-0.2, -0.15) is 0 Å². The van der Waals surface area contributed by atoms with E-state index in [4.69, 9.17) is 9.47 Å². The van der Waals surface area contributed by atoms with Gasteiger partial charge in [0.15, 0.2) is 11.5 Å². The van der Waals surface area contributed by atoms with E-state index in [-0.39, 0.29) is 12.5 Å². The van der Waals surface area contributed by atoms with E-state index in [0.29, 0.717) is 17.5 Å². The van der Waals surface area contributed by atoms with E-state index < -0.39 is 5.60 Å². The van der Waals surface area contributed by atoms with Gasteiger partial charge in [-0.05, 0) is 30.5 Å². The van der Waals surface area contributed by atoms with Crippen LogP contribution in [0.15, 0.2) is 18.2 Å². The summed E-state index contributed by atoms with van der Waals surface area (Å²) in [6, 6.07) is 6.31. The van der Waals surface area contributed by atoms with Gasteiger partial charge < -0.3 is 19.9 Å². The van der Waals surface area contributed by atoms with Crippen molar-refractivity contribution in [3.05, 3.63) is 23.8 Å². The molecule has 2 N–H and O–H groups in total. The molecule has 4 heteroatoms. The van der Waals surface area contributed by atoms with Crippen LogP contribution in [-0.4, -0.2) is 30.5 Å². The van der Waals surface area contributed by atoms with Crippen molar-refractivity contribution >= 4 is 0 Å². The molecule has 120 valence electrons. The lowest BCUT2D eigenvalue weighted by Crippen LogP contribution is -2.37. The minimum Gasteiger partial charge on any atom is -0.493 e. The molecular weight excluding hydrogens is 266 g/mol. The first kappa shape index (κ1) is 17.8. The molecule has 4 nitrogen and oxygen atoms in total. The van der Waals surface area contributed by atoms with Crippen LogP contribution in [0.2, 0.25) is 0 Å². The molecule has 1 atom stereocenters. The molecule has 0 radical (unpaired) electrons. The van der Waals surface area contributed by atoms with Crippen molar-refractivity contribution in [1.82, 2.24) is 5.32 Å². The number of rotatable bonds is 8. The van der Waals surface area contributed by atoms with Crippen LogP contribution in [0.4, 0.5) is 0 Å². The molecule has 0 spiro atoms. The van der Waals surface area contributed by atoms with Gasteiger partial charge in [0.1, 0.15) is 6.61 Å². The first-order chi connectivity index (χ1) is 9.76. The lowest BCUT2D eigenvalue weighted by Gasteiger charge is -2.28. The summed E-state index contributed by atoms with van der Waals surface area (Å²) in [5.41, 5.74) is 0.265. The van der Waals surface area contributed by atoms with Crippen LogP contribution in [0.3, 0.4) is 0 Å². The third-order valence-electron chi connectivity index (χ3n) is 3.71. The molecule has 0 aliphatic heterocycles. The second kappa shape index (κ2) is 7.66. The van der Waals surface area contributed by atoms with E-state index in [1.807, 2.05) is 32.0 Å². The number of aliphatic hydroxyl groups is 1. The lowest BCUT2D eigenvalue weighted by molar-refractivity contribution is -0.0271. The Morgan fingerprint density at radius 1 is 1.19 bits per heavy atom. The Labute approximate surface area is 128 Å². The summed E-state index contributed by atoms with van der Waals surface area (Å²) >= 11 is 0. The lowest BCUT2D eigenvalue weighted by atomic mass is 9.94. The van der Waals surface area contributed by atoms with Crippen molar-refractivity contribution in [2.75, 3.05) is 13.7 Å². The molecule has 0 amide bonds. The number of hydrogen-bond acceptors (Lipinski definition) is 4. The summed E-state index contributed by atoms with van der Waals surface area (Å²) in [7, 11) is 1.62. The largest absolute Gasteiger partial charge is 0.493 e. The van der Waals surface area contributed by atoms with Crippen molar-refractivity contribution in [2.45, 2.75) is 52.8 Å². The average molecular weight is 295 g/mol. The molecule has 0 aliphatic carbocycles. The topological polar surface area (TPSA) is 50.7 Å². The zero-order chi connectivity index (χ0) is 16.0. The number of methoxy groups -OCH3 is 1. The van der Waals surface area contributed by atoms with E-state index in [9.17, 15) is 5.11 Å². The molecule has 0 bridgehead atoms. The van der Waals surface area contributed by atoms with Crippen LogP contribution in [0.5, 0.6) is 11.5 Å². The van der Waals surface area contributed by atoms with Crippen LogP contribution in [0, 0.1) is 5.92 Å². The predicted octanol–water partition coefficient (Wildman–Crippen LogP) is 2.98. The summed E-state index contributed by atoms with van der Waals surface area (Å²) in [5, 5.41) is 13.7. The molecule has 0 heterocycles. The van der Waals surface area contributed by atoms with Crippen molar-refractivity contribution in [3.8, 4) is 11.5 Å². The van der Waals surface area contributed by atoms with Crippen LogP contribution in [-0.2, 0) is 6.54 Å². The average Bonchev–Trinajstić information content (AvgIpc) is 2.42. The fourth-order valence-electron chi connectivity index (χ4n) is 1.66. The Bertz CT molecular complexity index is 442. The van der Waals surface area contributed by atoms with Crippen LogP contribution < -0.4 is 14.8 Å². The Kier molecular flexibility index (Phi) is 6.49. The number of nitrogens with one attached hydrogen (secondary N) is 1. The Hall–Kier alpha value is -1.26. The van der Waals surface area contributed by atoms with Gasteiger partial charge in [0.25, 0.3) is 0 Å². The van der Waals surface area contributed by atoms with Gasteiger partial charge in [-0.1, -0.05) is 33.8 Å². The van der Waals surface area contributed by atoms with Gasteiger partial charge in [-0.25, -0.2) is 0 Å². The van der Waals surface area contributed by atoms with Gasteiger partial charge >= 0.3 is 0 Å². The molecule has 0 aromatic heterocycles. The summed E-state index contributed by atoms with van der Waals surface area (Å²) < 4.78 is 11.1. The minimum atomic E-state index is -0.864. The molecule has 1 aromatic rings. The Morgan fingerprint density at radius 2 is 1.86 bits per heavy atom. The quantitative estimate of drug-likeness (QED) is 0.774. The smallest absolute Gasteiger partial charge is 0.161 e.